The lowest BCUT2D eigenvalue weighted by Gasteiger charge is -2.38. The number of alkyl carbamates (subject to hydrolysis) is 1. The maximum atomic E-state index is 12.0. The predicted molar refractivity (Wildman–Crippen MR) is 82.7 cm³/mol. The molecular formula is C15H26N4O3. The van der Waals surface area contributed by atoms with Gasteiger partial charge in [0, 0.05) is 33.7 Å². The number of imidazole rings is 1. The van der Waals surface area contributed by atoms with Gasteiger partial charge < -0.3 is 24.7 Å². The fraction of sp³-hybridized carbons (Fsp3) is 0.733. The minimum Gasteiger partial charge on any atom is -0.444 e. The molecule has 1 amide bonds. The van der Waals surface area contributed by atoms with Crippen molar-refractivity contribution in [1.82, 2.24) is 20.2 Å². The Morgan fingerprint density at radius 3 is 2.91 bits per heavy atom. The molecule has 2 heterocycles. The van der Waals surface area contributed by atoms with Crippen LogP contribution in [-0.2, 0) is 28.5 Å². The first kappa shape index (κ1) is 16.8. The Kier molecular flexibility index (Phi) is 4.77. The average molecular weight is 310 g/mol. The number of hydrogen-bond acceptors (Lipinski definition) is 5. The second kappa shape index (κ2) is 6.26. The number of hydrogen-bond donors (Lipinski definition) is 2. The Labute approximate surface area is 131 Å². The number of ether oxygens (including phenoxy) is 2. The summed E-state index contributed by atoms with van der Waals surface area (Å²) in [6.07, 6.45) is 2.24. The lowest BCUT2D eigenvalue weighted by molar-refractivity contribution is 0.0462. The van der Waals surface area contributed by atoms with E-state index in [4.69, 9.17) is 9.47 Å². The smallest absolute Gasteiger partial charge is 0.407 e. The molecule has 1 aromatic rings. The van der Waals surface area contributed by atoms with Gasteiger partial charge >= 0.3 is 6.09 Å². The standard InChI is InChI=1S/C15H26N4O3/c1-14(2,3)22-13(20)16-8-15(9-21-5)12-11(6-7-18-15)17-10-19(12)4/h10,18H,6-9H2,1-5H3,(H,16,20). The van der Waals surface area contributed by atoms with Crippen molar-refractivity contribution < 1.29 is 14.3 Å². The number of nitrogens with one attached hydrogen (secondary N) is 2. The Morgan fingerprint density at radius 2 is 2.27 bits per heavy atom. The first-order valence-electron chi connectivity index (χ1n) is 7.49. The predicted octanol–water partition coefficient (Wildman–Crippen LogP) is 0.932. The van der Waals surface area contributed by atoms with Crippen molar-refractivity contribution in [1.29, 1.82) is 0 Å². The van der Waals surface area contributed by atoms with Gasteiger partial charge in [-0.05, 0) is 20.8 Å². The van der Waals surface area contributed by atoms with E-state index in [1.165, 1.54) is 0 Å². The molecule has 2 N–H and O–H groups in total. The summed E-state index contributed by atoms with van der Waals surface area (Å²) in [5.41, 5.74) is 1.08. The number of rotatable bonds is 4. The summed E-state index contributed by atoms with van der Waals surface area (Å²) in [4.78, 5) is 16.4. The molecule has 0 aromatic carbocycles. The number of carbonyl (C=O) groups is 1. The molecule has 7 heteroatoms. The van der Waals surface area contributed by atoms with E-state index in [1.807, 2.05) is 32.4 Å². The number of fused-ring (bicyclic) bond motifs is 1. The number of nitrogens with zero attached hydrogens (tertiary/aromatic N) is 2. The monoisotopic (exact) mass is 310 g/mol. The third-order valence-electron chi connectivity index (χ3n) is 3.62. The molecule has 0 bridgehead atoms. The van der Waals surface area contributed by atoms with Crippen LogP contribution in [0.4, 0.5) is 4.79 Å². The Morgan fingerprint density at radius 1 is 1.55 bits per heavy atom. The van der Waals surface area contributed by atoms with Gasteiger partial charge in [0.25, 0.3) is 0 Å². The minimum atomic E-state index is -0.518. The maximum absolute atomic E-state index is 12.0. The lowest BCUT2D eigenvalue weighted by atomic mass is 9.89. The van der Waals surface area contributed by atoms with Gasteiger partial charge in [-0.3, -0.25) is 0 Å². The third-order valence-corrected chi connectivity index (χ3v) is 3.62. The molecule has 124 valence electrons. The van der Waals surface area contributed by atoms with Crippen molar-refractivity contribution in [3.8, 4) is 0 Å². The van der Waals surface area contributed by atoms with Crippen LogP contribution >= 0.6 is 0 Å². The zero-order chi connectivity index (χ0) is 16.4. The SMILES string of the molecule is COCC1(CNC(=O)OC(C)(C)C)NCCc2ncn(C)c21. The van der Waals surface area contributed by atoms with Crippen LogP contribution in [0.15, 0.2) is 6.33 Å². The molecule has 1 unspecified atom stereocenters. The molecule has 0 fully saturated rings. The van der Waals surface area contributed by atoms with E-state index < -0.39 is 17.2 Å². The molecule has 7 nitrogen and oxygen atoms in total. The second-order valence-corrected chi connectivity index (χ2v) is 6.70. The Bertz CT molecular complexity index is 535. The van der Waals surface area contributed by atoms with E-state index in [-0.39, 0.29) is 0 Å². The normalized spacial score (nSPS) is 21.3. The van der Waals surface area contributed by atoms with Gasteiger partial charge in [-0.15, -0.1) is 0 Å². The van der Waals surface area contributed by atoms with E-state index in [9.17, 15) is 4.79 Å². The highest BCUT2D eigenvalue weighted by Crippen LogP contribution is 2.28. The number of aryl methyl sites for hydroxylation is 1. The van der Waals surface area contributed by atoms with Crippen LogP contribution in [0.3, 0.4) is 0 Å². The molecule has 0 saturated carbocycles. The summed E-state index contributed by atoms with van der Waals surface area (Å²) >= 11 is 0. The zero-order valence-electron chi connectivity index (χ0n) is 14.0. The highest BCUT2D eigenvalue weighted by Gasteiger charge is 2.40. The largest absolute Gasteiger partial charge is 0.444 e. The average Bonchev–Trinajstić information content (AvgIpc) is 2.78. The van der Waals surface area contributed by atoms with Crippen molar-refractivity contribution >= 4 is 6.09 Å². The molecule has 22 heavy (non-hydrogen) atoms. The quantitative estimate of drug-likeness (QED) is 0.865. The lowest BCUT2D eigenvalue weighted by Crippen LogP contribution is -2.58. The number of amides is 1. The van der Waals surface area contributed by atoms with Crippen molar-refractivity contribution in [3.63, 3.8) is 0 Å². The molecule has 1 atom stereocenters. The second-order valence-electron chi connectivity index (χ2n) is 6.70. The van der Waals surface area contributed by atoms with Crippen LogP contribution in [0.1, 0.15) is 32.2 Å². The summed E-state index contributed by atoms with van der Waals surface area (Å²) in [5, 5.41) is 6.33. The minimum absolute atomic E-state index is 0.377. The highest BCUT2D eigenvalue weighted by atomic mass is 16.6. The van der Waals surface area contributed by atoms with Gasteiger partial charge in [0.05, 0.1) is 24.3 Å². The van der Waals surface area contributed by atoms with Crippen LogP contribution in [-0.4, -0.2) is 48.1 Å². The van der Waals surface area contributed by atoms with Gasteiger partial charge in [-0.2, -0.15) is 0 Å². The van der Waals surface area contributed by atoms with Crippen LogP contribution in [0.2, 0.25) is 0 Å². The molecule has 1 aromatic heterocycles. The molecule has 2 rings (SSSR count). The van der Waals surface area contributed by atoms with Crippen LogP contribution < -0.4 is 10.6 Å². The molecule has 0 radical (unpaired) electrons. The van der Waals surface area contributed by atoms with Crippen molar-refractivity contribution in [2.75, 3.05) is 26.8 Å². The Hall–Kier alpha value is -1.60. The topological polar surface area (TPSA) is 77.4 Å². The van der Waals surface area contributed by atoms with Crippen LogP contribution in [0.25, 0.3) is 0 Å². The van der Waals surface area contributed by atoms with Crippen molar-refractivity contribution in [3.05, 3.63) is 17.7 Å². The zero-order valence-corrected chi connectivity index (χ0v) is 14.0. The van der Waals surface area contributed by atoms with Crippen molar-refractivity contribution in [2.24, 2.45) is 7.05 Å². The third kappa shape index (κ3) is 3.59. The van der Waals surface area contributed by atoms with E-state index in [2.05, 4.69) is 15.6 Å². The van der Waals surface area contributed by atoms with Gasteiger partial charge in [0.15, 0.2) is 0 Å². The van der Waals surface area contributed by atoms with Crippen LogP contribution in [0.5, 0.6) is 0 Å². The van der Waals surface area contributed by atoms with E-state index in [0.717, 1.165) is 24.4 Å². The fourth-order valence-electron chi connectivity index (χ4n) is 2.88. The summed E-state index contributed by atoms with van der Waals surface area (Å²) in [6, 6.07) is 0. The molecule has 1 aliphatic rings. The number of methoxy groups -OCH3 is 1. The van der Waals surface area contributed by atoms with Gasteiger partial charge in [0.1, 0.15) is 11.1 Å². The summed E-state index contributed by atoms with van der Waals surface area (Å²) in [6.45, 7) is 7.14. The molecule has 0 aliphatic carbocycles. The van der Waals surface area contributed by atoms with E-state index in [0.29, 0.717) is 13.2 Å². The highest BCUT2D eigenvalue weighted by molar-refractivity contribution is 5.67. The Balaban J connectivity index is 2.17. The molecule has 0 spiro atoms. The summed E-state index contributed by atoms with van der Waals surface area (Å²) < 4.78 is 12.7. The van der Waals surface area contributed by atoms with Gasteiger partial charge in [-0.25, -0.2) is 9.78 Å². The van der Waals surface area contributed by atoms with Crippen LogP contribution in [0, 0.1) is 0 Å². The number of carbonyl (C=O) groups excluding carboxylic acids is 1. The first-order chi connectivity index (χ1) is 10.3. The first-order valence-corrected chi connectivity index (χ1v) is 7.49. The molecule has 1 aliphatic heterocycles. The summed E-state index contributed by atoms with van der Waals surface area (Å²) in [5.74, 6) is 0. The van der Waals surface area contributed by atoms with Crippen molar-refractivity contribution in [2.45, 2.75) is 38.3 Å². The van der Waals surface area contributed by atoms with Gasteiger partial charge in [0.2, 0.25) is 0 Å². The summed E-state index contributed by atoms with van der Waals surface area (Å²) in [7, 11) is 3.61. The fourth-order valence-corrected chi connectivity index (χ4v) is 2.88. The molecule has 0 saturated heterocycles. The van der Waals surface area contributed by atoms with E-state index in [1.54, 1.807) is 13.4 Å². The maximum Gasteiger partial charge on any atom is 0.407 e. The number of aromatic nitrogens is 2. The molecular weight excluding hydrogens is 284 g/mol. The van der Waals surface area contributed by atoms with E-state index >= 15 is 0 Å². The van der Waals surface area contributed by atoms with Gasteiger partial charge in [-0.1, -0.05) is 0 Å².